The van der Waals surface area contributed by atoms with Gasteiger partial charge in [0.1, 0.15) is 11.4 Å². The third-order valence-electron chi connectivity index (χ3n) is 4.23. The van der Waals surface area contributed by atoms with Crippen LogP contribution in [0.5, 0.6) is 0 Å². The van der Waals surface area contributed by atoms with Gasteiger partial charge in [0.05, 0.1) is 0 Å². The summed E-state index contributed by atoms with van der Waals surface area (Å²) in [6.45, 7) is 5.97. The molecule has 0 aromatic carbocycles. The molecule has 2 aliphatic rings. The van der Waals surface area contributed by atoms with Crippen LogP contribution in [0, 0.1) is 5.92 Å². The highest BCUT2D eigenvalue weighted by Crippen LogP contribution is 2.34. The van der Waals surface area contributed by atoms with Crippen LogP contribution in [-0.4, -0.2) is 71.9 Å². The summed E-state index contributed by atoms with van der Waals surface area (Å²) in [6, 6.07) is -0.242. The Bertz CT molecular complexity index is 464. The SMILES string of the molecule is CC(C)CN1C(=O)N=C(N)C12CCN(C(=O)N(C)C)CC2. The minimum absolute atomic E-state index is 0.0000863. The van der Waals surface area contributed by atoms with Crippen molar-refractivity contribution >= 4 is 17.9 Å². The van der Waals surface area contributed by atoms with Crippen LogP contribution >= 0.6 is 0 Å². The highest BCUT2D eigenvalue weighted by Gasteiger charge is 2.50. The minimum atomic E-state index is -0.496. The van der Waals surface area contributed by atoms with Crippen LogP contribution in [0.2, 0.25) is 0 Å². The van der Waals surface area contributed by atoms with Crippen LogP contribution in [-0.2, 0) is 0 Å². The van der Waals surface area contributed by atoms with Crippen LogP contribution in [0.15, 0.2) is 4.99 Å². The normalized spacial score (nSPS) is 21.2. The Kier molecular flexibility index (Phi) is 4.11. The molecule has 0 unspecified atom stereocenters. The standard InChI is InChI=1S/C14H25N5O2/c1-10(2)9-19-12(20)16-11(15)14(19)5-7-18(8-6-14)13(21)17(3)4/h10H,5-9H2,1-4H3,(H2,15,16,20). The lowest BCUT2D eigenvalue weighted by Crippen LogP contribution is -2.61. The molecule has 1 saturated heterocycles. The maximum atomic E-state index is 12.1. The molecule has 0 aromatic rings. The van der Waals surface area contributed by atoms with E-state index in [0.29, 0.717) is 44.2 Å². The van der Waals surface area contributed by atoms with E-state index < -0.39 is 5.54 Å². The summed E-state index contributed by atoms with van der Waals surface area (Å²) in [6.07, 6.45) is 1.31. The number of amidine groups is 1. The predicted molar refractivity (Wildman–Crippen MR) is 81.2 cm³/mol. The third-order valence-corrected chi connectivity index (χ3v) is 4.23. The first-order valence-corrected chi connectivity index (χ1v) is 7.40. The van der Waals surface area contributed by atoms with Gasteiger partial charge >= 0.3 is 12.1 Å². The topological polar surface area (TPSA) is 82.2 Å². The van der Waals surface area contributed by atoms with E-state index in [4.69, 9.17) is 5.73 Å². The van der Waals surface area contributed by atoms with Gasteiger partial charge in [-0.15, -0.1) is 0 Å². The lowest BCUT2D eigenvalue weighted by molar-refractivity contribution is 0.0954. The Hall–Kier alpha value is -1.79. The zero-order chi connectivity index (χ0) is 15.8. The molecular weight excluding hydrogens is 270 g/mol. The van der Waals surface area contributed by atoms with E-state index in [0.717, 1.165) is 0 Å². The van der Waals surface area contributed by atoms with Gasteiger partial charge in [0.25, 0.3) is 0 Å². The molecule has 1 spiro atoms. The van der Waals surface area contributed by atoms with E-state index >= 15 is 0 Å². The van der Waals surface area contributed by atoms with Crippen LogP contribution in [0.4, 0.5) is 9.59 Å². The Labute approximate surface area is 125 Å². The predicted octanol–water partition coefficient (Wildman–Crippen LogP) is 0.951. The number of piperidine rings is 1. The molecule has 2 heterocycles. The molecule has 2 N–H and O–H groups in total. The maximum absolute atomic E-state index is 12.1. The number of carbonyl (C=O) groups excluding carboxylic acids is 2. The van der Waals surface area contributed by atoms with Crippen LogP contribution < -0.4 is 5.73 Å². The number of likely N-dealkylation sites (tertiary alicyclic amines) is 1. The van der Waals surface area contributed by atoms with Crippen molar-refractivity contribution in [3.63, 3.8) is 0 Å². The molecule has 0 bridgehead atoms. The number of carbonyl (C=O) groups is 2. The quantitative estimate of drug-likeness (QED) is 0.823. The summed E-state index contributed by atoms with van der Waals surface area (Å²) < 4.78 is 0. The average Bonchev–Trinajstić information content (AvgIpc) is 2.63. The van der Waals surface area contributed by atoms with Gasteiger partial charge in [-0.3, -0.25) is 0 Å². The number of nitrogens with zero attached hydrogens (tertiary/aromatic N) is 4. The molecule has 0 aliphatic carbocycles. The molecule has 0 radical (unpaired) electrons. The summed E-state index contributed by atoms with van der Waals surface area (Å²) in [7, 11) is 3.49. The van der Waals surface area contributed by atoms with E-state index in [-0.39, 0.29) is 12.1 Å². The van der Waals surface area contributed by atoms with Gasteiger partial charge in [-0.05, 0) is 18.8 Å². The van der Waals surface area contributed by atoms with Gasteiger partial charge in [0.15, 0.2) is 0 Å². The zero-order valence-corrected chi connectivity index (χ0v) is 13.3. The molecule has 0 atom stereocenters. The second-order valence-corrected chi connectivity index (χ2v) is 6.48. The number of aliphatic imine (C=N–C) groups is 1. The monoisotopic (exact) mass is 295 g/mol. The number of amides is 4. The van der Waals surface area contributed by atoms with E-state index in [2.05, 4.69) is 18.8 Å². The molecule has 118 valence electrons. The first kappa shape index (κ1) is 15.6. The summed E-state index contributed by atoms with van der Waals surface area (Å²) in [5.41, 5.74) is 5.56. The molecule has 7 heteroatoms. The van der Waals surface area contributed by atoms with Crippen molar-refractivity contribution in [2.24, 2.45) is 16.6 Å². The molecule has 0 aromatic heterocycles. The second kappa shape index (κ2) is 5.54. The van der Waals surface area contributed by atoms with Gasteiger partial charge in [0, 0.05) is 33.7 Å². The van der Waals surface area contributed by atoms with E-state index in [1.54, 1.807) is 28.8 Å². The van der Waals surface area contributed by atoms with Crippen LogP contribution in [0.3, 0.4) is 0 Å². The smallest absolute Gasteiger partial charge is 0.346 e. The average molecular weight is 295 g/mol. The fourth-order valence-corrected chi connectivity index (χ4v) is 3.08. The van der Waals surface area contributed by atoms with Crippen molar-refractivity contribution < 1.29 is 9.59 Å². The second-order valence-electron chi connectivity index (χ2n) is 6.48. The fourth-order valence-electron chi connectivity index (χ4n) is 3.08. The van der Waals surface area contributed by atoms with Crippen LogP contribution in [0.1, 0.15) is 26.7 Å². The van der Waals surface area contributed by atoms with Crippen molar-refractivity contribution in [1.29, 1.82) is 0 Å². The number of rotatable bonds is 2. The summed E-state index contributed by atoms with van der Waals surface area (Å²) in [5, 5.41) is 0. The van der Waals surface area contributed by atoms with Crippen molar-refractivity contribution in [3.05, 3.63) is 0 Å². The van der Waals surface area contributed by atoms with Crippen molar-refractivity contribution in [2.75, 3.05) is 33.7 Å². The van der Waals surface area contributed by atoms with E-state index in [1.807, 2.05) is 0 Å². The lowest BCUT2D eigenvalue weighted by atomic mass is 9.85. The molecule has 1 fully saturated rings. The summed E-state index contributed by atoms with van der Waals surface area (Å²) >= 11 is 0. The number of hydrogen-bond acceptors (Lipinski definition) is 3. The molecule has 2 rings (SSSR count). The zero-order valence-electron chi connectivity index (χ0n) is 13.3. The highest BCUT2D eigenvalue weighted by molar-refractivity contribution is 6.06. The molecular formula is C14H25N5O2. The number of hydrogen-bond donors (Lipinski definition) is 1. The number of urea groups is 2. The van der Waals surface area contributed by atoms with E-state index in [9.17, 15) is 9.59 Å². The Morgan fingerprint density at radius 3 is 2.43 bits per heavy atom. The van der Waals surface area contributed by atoms with Gasteiger partial charge in [-0.25, -0.2) is 9.59 Å². The minimum Gasteiger partial charge on any atom is -0.385 e. The van der Waals surface area contributed by atoms with E-state index in [1.165, 1.54) is 0 Å². The third kappa shape index (κ3) is 2.69. The molecule has 2 aliphatic heterocycles. The highest BCUT2D eigenvalue weighted by atomic mass is 16.2. The number of nitrogens with two attached hydrogens (primary N) is 1. The van der Waals surface area contributed by atoms with Gasteiger partial charge in [0.2, 0.25) is 0 Å². The lowest BCUT2D eigenvalue weighted by Gasteiger charge is -2.45. The maximum Gasteiger partial charge on any atom is 0.346 e. The molecule has 7 nitrogen and oxygen atoms in total. The molecule has 21 heavy (non-hydrogen) atoms. The Morgan fingerprint density at radius 1 is 1.38 bits per heavy atom. The molecule has 0 saturated carbocycles. The summed E-state index contributed by atoms with van der Waals surface area (Å²) in [5.74, 6) is 0.762. The molecule has 4 amide bonds. The van der Waals surface area contributed by atoms with Crippen molar-refractivity contribution in [1.82, 2.24) is 14.7 Å². The van der Waals surface area contributed by atoms with Crippen molar-refractivity contribution in [2.45, 2.75) is 32.2 Å². The van der Waals surface area contributed by atoms with Gasteiger partial charge < -0.3 is 20.4 Å². The van der Waals surface area contributed by atoms with Gasteiger partial charge in [-0.2, -0.15) is 4.99 Å². The summed E-state index contributed by atoms with van der Waals surface area (Å²) in [4.78, 5) is 33.2. The van der Waals surface area contributed by atoms with Gasteiger partial charge in [-0.1, -0.05) is 13.8 Å². The first-order chi connectivity index (χ1) is 9.78. The van der Waals surface area contributed by atoms with Crippen molar-refractivity contribution in [3.8, 4) is 0 Å². The first-order valence-electron chi connectivity index (χ1n) is 7.40. The fraction of sp³-hybridized carbons (Fsp3) is 0.786. The Morgan fingerprint density at radius 2 is 1.95 bits per heavy atom. The van der Waals surface area contributed by atoms with Crippen LogP contribution in [0.25, 0.3) is 0 Å². The Balaban J connectivity index is 2.14. The largest absolute Gasteiger partial charge is 0.385 e.